The first-order chi connectivity index (χ1) is 7.83. The van der Waals surface area contributed by atoms with Gasteiger partial charge in [-0.3, -0.25) is 4.90 Å². The summed E-state index contributed by atoms with van der Waals surface area (Å²) in [6.07, 6.45) is 4.30. The van der Waals surface area contributed by atoms with E-state index in [4.69, 9.17) is 9.47 Å². The molecule has 0 amide bonds. The number of morpholine rings is 1. The van der Waals surface area contributed by atoms with Gasteiger partial charge in [0, 0.05) is 20.2 Å². The number of methoxy groups -OCH3 is 1. The summed E-state index contributed by atoms with van der Waals surface area (Å²) < 4.78 is 10.9. The highest BCUT2D eigenvalue weighted by Gasteiger charge is 2.46. The Balaban J connectivity index is 2.17. The van der Waals surface area contributed by atoms with Crippen molar-refractivity contribution in [2.24, 2.45) is 0 Å². The lowest BCUT2D eigenvalue weighted by molar-refractivity contribution is -0.0830. The maximum Gasteiger partial charge on any atom is 0.135 e. The summed E-state index contributed by atoms with van der Waals surface area (Å²) in [4.78, 5) is 2.27. The van der Waals surface area contributed by atoms with Crippen molar-refractivity contribution in [2.75, 3.05) is 33.4 Å². The Hall–Kier alpha value is -0.630. The van der Waals surface area contributed by atoms with E-state index < -0.39 is 5.54 Å². The third kappa shape index (κ3) is 1.95. The van der Waals surface area contributed by atoms with Crippen molar-refractivity contribution in [1.82, 2.24) is 4.90 Å². The van der Waals surface area contributed by atoms with Gasteiger partial charge in [0.25, 0.3) is 0 Å². The summed E-state index contributed by atoms with van der Waals surface area (Å²) in [6.45, 7) is 3.18. The fraction of sp³-hybridized carbons (Fsp3) is 0.917. The first kappa shape index (κ1) is 11.8. The predicted octanol–water partition coefficient (Wildman–Crippen LogP) is 1.17. The van der Waals surface area contributed by atoms with Gasteiger partial charge in [0.15, 0.2) is 0 Å². The number of ether oxygens (including phenoxy) is 2. The molecule has 90 valence electrons. The van der Waals surface area contributed by atoms with Crippen LogP contribution in [0.2, 0.25) is 0 Å². The highest BCUT2D eigenvalue weighted by Crippen LogP contribution is 2.35. The van der Waals surface area contributed by atoms with E-state index in [9.17, 15) is 5.26 Å². The fourth-order valence-electron chi connectivity index (χ4n) is 2.96. The Morgan fingerprint density at radius 1 is 1.38 bits per heavy atom. The normalized spacial score (nSPS) is 36.9. The third-order valence-electron chi connectivity index (χ3n) is 3.86. The largest absolute Gasteiger partial charge is 0.379 e. The summed E-state index contributed by atoms with van der Waals surface area (Å²) in [6, 6.07) is 2.53. The fourth-order valence-corrected chi connectivity index (χ4v) is 2.96. The van der Waals surface area contributed by atoms with Gasteiger partial charge in [-0.15, -0.1) is 0 Å². The number of nitriles is 1. The first-order valence-electron chi connectivity index (χ1n) is 6.10. The highest BCUT2D eigenvalue weighted by molar-refractivity contribution is 5.15. The van der Waals surface area contributed by atoms with E-state index >= 15 is 0 Å². The second-order valence-electron chi connectivity index (χ2n) is 4.61. The molecule has 0 radical (unpaired) electrons. The SMILES string of the molecule is COC1CCCCC1(C#N)N1CCOCC1. The monoisotopic (exact) mass is 224 g/mol. The van der Waals surface area contributed by atoms with Crippen LogP contribution in [0.3, 0.4) is 0 Å². The average Bonchev–Trinajstić information content (AvgIpc) is 2.39. The second kappa shape index (κ2) is 5.13. The van der Waals surface area contributed by atoms with E-state index in [0.29, 0.717) is 0 Å². The van der Waals surface area contributed by atoms with Crippen molar-refractivity contribution in [3.63, 3.8) is 0 Å². The van der Waals surface area contributed by atoms with E-state index in [-0.39, 0.29) is 6.10 Å². The molecule has 2 atom stereocenters. The molecular formula is C12H20N2O2. The van der Waals surface area contributed by atoms with Crippen molar-refractivity contribution in [1.29, 1.82) is 5.26 Å². The van der Waals surface area contributed by atoms with Crippen LogP contribution in [0, 0.1) is 11.3 Å². The number of hydrogen-bond acceptors (Lipinski definition) is 4. The molecular weight excluding hydrogens is 204 g/mol. The van der Waals surface area contributed by atoms with Gasteiger partial charge in [-0.25, -0.2) is 0 Å². The molecule has 4 nitrogen and oxygen atoms in total. The molecule has 16 heavy (non-hydrogen) atoms. The summed E-state index contributed by atoms with van der Waals surface area (Å²) in [7, 11) is 1.72. The highest BCUT2D eigenvalue weighted by atomic mass is 16.5. The Labute approximate surface area is 97.1 Å². The van der Waals surface area contributed by atoms with Gasteiger partial charge in [-0.05, 0) is 12.8 Å². The number of hydrogen-bond donors (Lipinski definition) is 0. The smallest absolute Gasteiger partial charge is 0.135 e. The van der Waals surface area contributed by atoms with Gasteiger partial charge in [0.2, 0.25) is 0 Å². The van der Waals surface area contributed by atoms with Crippen molar-refractivity contribution >= 4 is 0 Å². The first-order valence-corrected chi connectivity index (χ1v) is 6.10. The van der Waals surface area contributed by atoms with Gasteiger partial charge in [0.05, 0.1) is 25.4 Å². The van der Waals surface area contributed by atoms with Gasteiger partial charge < -0.3 is 9.47 Å². The molecule has 0 aromatic heterocycles. The number of nitrogens with zero attached hydrogens (tertiary/aromatic N) is 2. The number of rotatable bonds is 2. The molecule has 4 heteroatoms. The Bertz CT molecular complexity index is 271. The van der Waals surface area contributed by atoms with E-state index in [1.165, 1.54) is 6.42 Å². The molecule has 1 saturated heterocycles. The van der Waals surface area contributed by atoms with E-state index in [2.05, 4.69) is 11.0 Å². The molecule has 1 saturated carbocycles. The summed E-state index contributed by atoms with van der Waals surface area (Å²) in [5, 5.41) is 9.58. The molecule has 0 aromatic carbocycles. The van der Waals surface area contributed by atoms with Crippen LogP contribution in [-0.4, -0.2) is 50.0 Å². The van der Waals surface area contributed by atoms with Gasteiger partial charge in [-0.2, -0.15) is 5.26 Å². The van der Waals surface area contributed by atoms with Crippen molar-refractivity contribution in [3.05, 3.63) is 0 Å². The summed E-state index contributed by atoms with van der Waals surface area (Å²) in [5.74, 6) is 0. The van der Waals surface area contributed by atoms with Crippen LogP contribution >= 0.6 is 0 Å². The molecule has 0 bridgehead atoms. The third-order valence-corrected chi connectivity index (χ3v) is 3.86. The van der Waals surface area contributed by atoms with E-state index in [0.717, 1.165) is 45.6 Å². The topological polar surface area (TPSA) is 45.5 Å². The minimum Gasteiger partial charge on any atom is -0.379 e. The maximum absolute atomic E-state index is 9.58. The Morgan fingerprint density at radius 3 is 2.75 bits per heavy atom. The standard InChI is InChI=1S/C12H20N2O2/c1-15-11-4-2-3-5-12(11,10-13)14-6-8-16-9-7-14/h11H,2-9H2,1H3. The van der Waals surface area contributed by atoms with Gasteiger partial charge in [-0.1, -0.05) is 12.8 Å². The second-order valence-corrected chi connectivity index (χ2v) is 4.61. The van der Waals surface area contributed by atoms with Crippen molar-refractivity contribution < 1.29 is 9.47 Å². The Morgan fingerprint density at radius 2 is 2.12 bits per heavy atom. The lowest BCUT2D eigenvalue weighted by Crippen LogP contribution is -2.60. The zero-order valence-electron chi connectivity index (χ0n) is 9.95. The van der Waals surface area contributed by atoms with Crippen LogP contribution in [0.15, 0.2) is 0 Å². The summed E-state index contributed by atoms with van der Waals surface area (Å²) >= 11 is 0. The molecule has 0 N–H and O–H groups in total. The van der Waals surface area contributed by atoms with Crippen molar-refractivity contribution in [3.8, 4) is 6.07 Å². The predicted molar refractivity (Wildman–Crippen MR) is 60.0 cm³/mol. The molecule has 1 aliphatic heterocycles. The Kier molecular flexibility index (Phi) is 3.80. The molecule has 2 rings (SSSR count). The van der Waals surface area contributed by atoms with Crippen molar-refractivity contribution in [2.45, 2.75) is 37.3 Å². The molecule has 0 spiro atoms. The van der Waals surface area contributed by atoms with E-state index in [1.54, 1.807) is 7.11 Å². The van der Waals surface area contributed by atoms with Crippen LogP contribution in [0.25, 0.3) is 0 Å². The minimum atomic E-state index is -0.406. The maximum atomic E-state index is 9.58. The zero-order valence-corrected chi connectivity index (χ0v) is 9.95. The zero-order chi connectivity index (χ0) is 11.4. The van der Waals surface area contributed by atoms with Crippen LogP contribution in [0.1, 0.15) is 25.7 Å². The lowest BCUT2D eigenvalue weighted by atomic mass is 9.78. The molecule has 1 aliphatic carbocycles. The molecule has 1 heterocycles. The lowest BCUT2D eigenvalue weighted by Gasteiger charge is -2.47. The van der Waals surface area contributed by atoms with Gasteiger partial charge >= 0.3 is 0 Å². The molecule has 0 aromatic rings. The molecule has 2 fully saturated rings. The molecule has 2 aliphatic rings. The quantitative estimate of drug-likeness (QED) is 0.706. The minimum absolute atomic E-state index is 0.0596. The van der Waals surface area contributed by atoms with Crippen LogP contribution < -0.4 is 0 Å². The summed E-state index contributed by atoms with van der Waals surface area (Å²) in [5.41, 5.74) is -0.406. The van der Waals surface area contributed by atoms with Crippen LogP contribution in [0.5, 0.6) is 0 Å². The van der Waals surface area contributed by atoms with Gasteiger partial charge in [0.1, 0.15) is 5.54 Å². The van der Waals surface area contributed by atoms with Crippen LogP contribution in [0.4, 0.5) is 0 Å². The van der Waals surface area contributed by atoms with E-state index in [1.807, 2.05) is 0 Å². The average molecular weight is 224 g/mol. The van der Waals surface area contributed by atoms with Crippen LogP contribution in [-0.2, 0) is 9.47 Å². The molecule has 2 unspecified atom stereocenters.